The van der Waals surface area contributed by atoms with Crippen molar-refractivity contribution in [2.24, 2.45) is 0 Å². The van der Waals surface area contributed by atoms with Crippen molar-refractivity contribution in [3.8, 4) is 0 Å². The molecule has 1 heterocycles. The molecule has 24 heavy (non-hydrogen) atoms. The van der Waals surface area contributed by atoms with Crippen LogP contribution in [-0.4, -0.2) is 31.2 Å². The molecule has 128 valence electrons. The summed E-state index contributed by atoms with van der Waals surface area (Å²) in [7, 11) is 1.58. The average Bonchev–Trinajstić information content (AvgIpc) is 2.58. The number of amides is 1. The molecule has 0 aliphatic heterocycles. The summed E-state index contributed by atoms with van der Waals surface area (Å²) in [5, 5.41) is 7.02. The van der Waals surface area contributed by atoms with Gasteiger partial charge in [0.2, 0.25) is 0 Å². The Morgan fingerprint density at radius 1 is 1.29 bits per heavy atom. The molecule has 1 aromatic carbocycles. The van der Waals surface area contributed by atoms with E-state index in [1.165, 1.54) is 6.20 Å². The lowest BCUT2D eigenvalue weighted by Crippen LogP contribution is -2.27. The molecule has 1 aromatic heterocycles. The number of nitrogens with zero attached hydrogens (tertiary/aromatic N) is 1. The Kier molecular flexibility index (Phi) is 6.85. The average molecular weight is 368 g/mol. The van der Waals surface area contributed by atoms with Gasteiger partial charge in [0.15, 0.2) is 0 Å². The number of ether oxygens (including phenoxy) is 1. The van der Waals surface area contributed by atoms with Gasteiger partial charge < -0.3 is 15.4 Å². The lowest BCUT2D eigenvalue weighted by molar-refractivity contribution is 0.0937. The Balaban J connectivity index is 2.01. The number of hydrogen-bond donors (Lipinski definition) is 2. The van der Waals surface area contributed by atoms with Crippen LogP contribution in [0.1, 0.15) is 28.9 Å². The largest absolute Gasteiger partial charge is 0.383 e. The van der Waals surface area contributed by atoms with Gasteiger partial charge in [-0.05, 0) is 30.7 Å². The Bertz CT molecular complexity index is 693. The van der Waals surface area contributed by atoms with Crippen molar-refractivity contribution in [1.82, 2.24) is 10.3 Å². The first-order chi connectivity index (χ1) is 11.5. The highest BCUT2D eigenvalue weighted by molar-refractivity contribution is 6.42. The fourth-order valence-electron chi connectivity index (χ4n) is 2.14. The number of anilines is 1. The molecule has 0 saturated carbocycles. The zero-order valence-corrected chi connectivity index (χ0v) is 15.0. The number of carbonyl (C=O) groups is 1. The minimum Gasteiger partial charge on any atom is -0.383 e. The summed E-state index contributed by atoms with van der Waals surface area (Å²) in [6.45, 7) is 2.89. The number of nitrogens with one attached hydrogen (secondary N) is 2. The summed E-state index contributed by atoms with van der Waals surface area (Å²) in [5.74, 6) is 0.462. The predicted molar refractivity (Wildman–Crippen MR) is 96.9 cm³/mol. The van der Waals surface area contributed by atoms with Crippen molar-refractivity contribution in [2.75, 3.05) is 25.6 Å². The van der Waals surface area contributed by atoms with E-state index in [2.05, 4.69) is 15.6 Å². The van der Waals surface area contributed by atoms with Crippen LogP contribution in [0.3, 0.4) is 0 Å². The number of carbonyl (C=O) groups excluding carboxylic acids is 1. The van der Waals surface area contributed by atoms with E-state index < -0.39 is 0 Å². The van der Waals surface area contributed by atoms with E-state index in [1.54, 1.807) is 25.3 Å². The van der Waals surface area contributed by atoms with Crippen LogP contribution < -0.4 is 10.6 Å². The van der Waals surface area contributed by atoms with Gasteiger partial charge in [0.05, 0.1) is 28.3 Å². The van der Waals surface area contributed by atoms with Crippen molar-refractivity contribution in [2.45, 2.75) is 13.0 Å². The van der Waals surface area contributed by atoms with Crippen LogP contribution >= 0.6 is 23.2 Å². The number of methoxy groups -OCH3 is 1. The third kappa shape index (κ3) is 4.84. The summed E-state index contributed by atoms with van der Waals surface area (Å²) >= 11 is 12.3. The van der Waals surface area contributed by atoms with Gasteiger partial charge in [-0.15, -0.1) is 0 Å². The highest BCUT2D eigenvalue weighted by Crippen LogP contribution is 2.31. The molecule has 1 atom stereocenters. The van der Waals surface area contributed by atoms with Crippen LogP contribution in [-0.2, 0) is 4.74 Å². The van der Waals surface area contributed by atoms with Crippen LogP contribution in [0, 0.1) is 0 Å². The SMILES string of the molecule is COCCNC(=O)c1ccc(NC(C)c2cccc(Cl)c2Cl)nc1. The molecular formula is C17H19Cl2N3O2. The number of benzene rings is 1. The zero-order valence-electron chi connectivity index (χ0n) is 13.5. The van der Waals surface area contributed by atoms with Crippen molar-refractivity contribution >= 4 is 34.9 Å². The van der Waals surface area contributed by atoms with Gasteiger partial charge in [-0.25, -0.2) is 4.98 Å². The number of pyridine rings is 1. The Morgan fingerprint density at radius 3 is 2.75 bits per heavy atom. The molecule has 0 aliphatic carbocycles. The topological polar surface area (TPSA) is 63.2 Å². The first kappa shape index (κ1) is 18.5. The van der Waals surface area contributed by atoms with Gasteiger partial charge in [0.1, 0.15) is 5.82 Å². The molecule has 2 rings (SSSR count). The van der Waals surface area contributed by atoms with E-state index in [4.69, 9.17) is 27.9 Å². The fraction of sp³-hybridized carbons (Fsp3) is 0.294. The summed E-state index contributed by atoms with van der Waals surface area (Å²) in [6, 6.07) is 8.89. The molecule has 0 bridgehead atoms. The summed E-state index contributed by atoms with van der Waals surface area (Å²) in [4.78, 5) is 16.2. The molecule has 2 aromatic rings. The highest BCUT2D eigenvalue weighted by Gasteiger charge is 2.13. The summed E-state index contributed by atoms with van der Waals surface area (Å²) < 4.78 is 4.89. The third-order valence-corrected chi connectivity index (χ3v) is 4.26. The molecule has 0 aliphatic rings. The molecule has 5 nitrogen and oxygen atoms in total. The quantitative estimate of drug-likeness (QED) is 0.727. The van der Waals surface area contributed by atoms with E-state index in [-0.39, 0.29) is 11.9 Å². The van der Waals surface area contributed by atoms with E-state index in [1.807, 2.05) is 19.1 Å². The highest BCUT2D eigenvalue weighted by atomic mass is 35.5. The molecule has 0 fully saturated rings. The lowest BCUT2D eigenvalue weighted by Gasteiger charge is -2.17. The molecule has 1 amide bonds. The molecular weight excluding hydrogens is 349 g/mol. The first-order valence-corrected chi connectivity index (χ1v) is 8.22. The van der Waals surface area contributed by atoms with Gasteiger partial charge in [0, 0.05) is 19.9 Å². The zero-order chi connectivity index (χ0) is 17.5. The first-order valence-electron chi connectivity index (χ1n) is 7.46. The lowest BCUT2D eigenvalue weighted by atomic mass is 10.1. The van der Waals surface area contributed by atoms with E-state index in [0.717, 1.165) is 5.56 Å². The maximum atomic E-state index is 11.9. The van der Waals surface area contributed by atoms with Crippen LogP contribution in [0.2, 0.25) is 10.0 Å². The number of aromatic nitrogens is 1. The second-order valence-corrected chi connectivity index (χ2v) is 5.98. The molecule has 0 saturated heterocycles. The van der Waals surface area contributed by atoms with Gasteiger partial charge in [0.25, 0.3) is 5.91 Å². The number of rotatable bonds is 7. The van der Waals surface area contributed by atoms with E-state index >= 15 is 0 Å². The molecule has 1 unspecified atom stereocenters. The van der Waals surface area contributed by atoms with Crippen LogP contribution in [0.5, 0.6) is 0 Å². The second kappa shape index (κ2) is 8.87. The van der Waals surface area contributed by atoms with E-state index in [9.17, 15) is 4.79 Å². The minimum atomic E-state index is -0.183. The maximum Gasteiger partial charge on any atom is 0.252 e. The number of hydrogen-bond acceptors (Lipinski definition) is 4. The standard InChI is InChI=1S/C17H19Cl2N3O2/c1-11(13-4-3-5-14(18)16(13)19)22-15-7-6-12(10-21-15)17(23)20-8-9-24-2/h3-7,10-11H,8-9H2,1-2H3,(H,20,23)(H,21,22). The Morgan fingerprint density at radius 2 is 2.08 bits per heavy atom. The van der Waals surface area contributed by atoms with Gasteiger partial charge >= 0.3 is 0 Å². The third-order valence-electron chi connectivity index (χ3n) is 3.43. The molecule has 7 heteroatoms. The molecule has 0 radical (unpaired) electrons. The Hall–Kier alpha value is -1.82. The van der Waals surface area contributed by atoms with Crippen molar-refractivity contribution in [1.29, 1.82) is 0 Å². The molecule has 0 spiro atoms. The molecule has 2 N–H and O–H groups in total. The van der Waals surface area contributed by atoms with Gasteiger partial charge in [-0.3, -0.25) is 4.79 Å². The predicted octanol–water partition coefficient (Wildman–Crippen LogP) is 3.94. The van der Waals surface area contributed by atoms with Crippen molar-refractivity contribution < 1.29 is 9.53 Å². The normalized spacial score (nSPS) is 11.8. The smallest absolute Gasteiger partial charge is 0.252 e. The minimum absolute atomic E-state index is 0.0786. The Labute approximate surface area is 151 Å². The van der Waals surface area contributed by atoms with Gasteiger partial charge in [-0.1, -0.05) is 35.3 Å². The number of halogens is 2. The fourth-order valence-corrected chi connectivity index (χ4v) is 2.61. The van der Waals surface area contributed by atoms with Crippen molar-refractivity contribution in [3.63, 3.8) is 0 Å². The van der Waals surface area contributed by atoms with Crippen molar-refractivity contribution in [3.05, 3.63) is 57.7 Å². The van der Waals surface area contributed by atoms with E-state index in [0.29, 0.717) is 34.6 Å². The van der Waals surface area contributed by atoms with Crippen LogP contribution in [0.25, 0.3) is 0 Å². The van der Waals surface area contributed by atoms with Crippen LogP contribution in [0.15, 0.2) is 36.5 Å². The summed E-state index contributed by atoms with van der Waals surface area (Å²) in [6.07, 6.45) is 1.52. The monoisotopic (exact) mass is 367 g/mol. The second-order valence-electron chi connectivity index (χ2n) is 5.19. The van der Waals surface area contributed by atoms with Gasteiger partial charge in [-0.2, -0.15) is 0 Å². The maximum absolute atomic E-state index is 11.9. The van der Waals surface area contributed by atoms with Crippen LogP contribution in [0.4, 0.5) is 5.82 Å². The summed E-state index contributed by atoms with van der Waals surface area (Å²) in [5.41, 5.74) is 1.37.